The lowest BCUT2D eigenvalue weighted by molar-refractivity contribution is -0.137. The maximum atomic E-state index is 11.8. The number of benzene rings is 1. The molecule has 102 valence electrons. The molecule has 4 nitrogen and oxygen atoms in total. The number of carbonyl (C=O) groups excluding carboxylic acids is 1. The number of aliphatic carboxylic acids is 1. The lowest BCUT2D eigenvalue weighted by atomic mass is 10.0. The number of carboxylic acids is 1. The summed E-state index contributed by atoms with van der Waals surface area (Å²) in [6.07, 6.45) is 1.53. The Morgan fingerprint density at radius 2 is 2.16 bits per heavy atom. The molecular weight excluding hydrogens is 310 g/mol. The summed E-state index contributed by atoms with van der Waals surface area (Å²) in [7, 11) is 0. The van der Waals surface area contributed by atoms with Crippen LogP contribution in [0.4, 0.5) is 0 Å². The Morgan fingerprint density at radius 1 is 1.47 bits per heavy atom. The first-order valence-electron chi connectivity index (χ1n) is 5.85. The minimum Gasteiger partial charge on any atom is -0.481 e. The number of carbonyl (C=O) groups is 2. The van der Waals surface area contributed by atoms with Crippen molar-refractivity contribution >= 4 is 27.8 Å². The van der Waals surface area contributed by atoms with Gasteiger partial charge in [0.05, 0.1) is 12.5 Å². The fraction of sp³-hybridized carbons (Fsp3) is 0.286. The van der Waals surface area contributed by atoms with Crippen LogP contribution in [0.3, 0.4) is 0 Å². The third-order valence-electron chi connectivity index (χ3n) is 2.73. The zero-order chi connectivity index (χ0) is 14.4. The first kappa shape index (κ1) is 15.4. The molecule has 1 aromatic carbocycles. The SMILES string of the molecule is C/C=C(/C)C(=O)NC(CC(=O)O)c1cccc(Br)c1. The largest absolute Gasteiger partial charge is 0.481 e. The van der Waals surface area contributed by atoms with Crippen LogP contribution in [0.2, 0.25) is 0 Å². The highest BCUT2D eigenvalue weighted by Gasteiger charge is 2.18. The van der Waals surface area contributed by atoms with Crippen LogP contribution in [-0.4, -0.2) is 17.0 Å². The van der Waals surface area contributed by atoms with Gasteiger partial charge in [-0.25, -0.2) is 0 Å². The van der Waals surface area contributed by atoms with Crippen LogP contribution in [0.15, 0.2) is 40.4 Å². The van der Waals surface area contributed by atoms with E-state index >= 15 is 0 Å². The van der Waals surface area contributed by atoms with Gasteiger partial charge in [0, 0.05) is 10.0 Å². The van der Waals surface area contributed by atoms with E-state index in [0.717, 1.165) is 10.0 Å². The van der Waals surface area contributed by atoms with E-state index in [1.807, 2.05) is 12.1 Å². The van der Waals surface area contributed by atoms with Crippen molar-refractivity contribution in [1.29, 1.82) is 0 Å². The van der Waals surface area contributed by atoms with E-state index in [-0.39, 0.29) is 12.3 Å². The van der Waals surface area contributed by atoms with Crippen LogP contribution in [-0.2, 0) is 9.59 Å². The summed E-state index contributed by atoms with van der Waals surface area (Å²) in [6.45, 7) is 3.45. The molecule has 1 aromatic rings. The van der Waals surface area contributed by atoms with Gasteiger partial charge in [0.2, 0.25) is 5.91 Å². The van der Waals surface area contributed by atoms with Crippen molar-refractivity contribution < 1.29 is 14.7 Å². The molecule has 0 bridgehead atoms. The Hall–Kier alpha value is -1.62. The number of nitrogens with one attached hydrogen (secondary N) is 1. The molecule has 1 amide bonds. The van der Waals surface area contributed by atoms with Crippen molar-refractivity contribution in [2.75, 3.05) is 0 Å². The highest BCUT2D eigenvalue weighted by molar-refractivity contribution is 9.10. The Balaban J connectivity index is 2.95. The smallest absolute Gasteiger partial charge is 0.305 e. The quantitative estimate of drug-likeness (QED) is 0.817. The average molecular weight is 326 g/mol. The normalized spacial score (nSPS) is 12.9. The van der Waals surface area contributed by atoms with Gasteiger partial charge in [0.1, 0.15) is 0 Å². The van der Waals surface area contributed by atoms with Gasteiger partial charge in [-0.3, -0.25) is 9.59 Å². The molecule has 0 aliphatic rings. The van der Waals surface area contributed by atoms with Gasteiger partial charge in [-0.05, 0) is 31.5 Å². The molecule has 0 heterocycles. The molecule has 0 spiro atoms. The zero-order valence-corrected chi connectivity index (χ0v) is 12.4. The standard InChI is InChI=1S/C14H16BrNO3/c1-3-9(2)14(19)16-12(8-13(17)18)10-5-4-6-11(15)7-10/h3-7,12H,8H2,1-2H3,(H,16,19)(H,17,18)/b9-3-. The molecule has 1 rings (SSSR count). The van der Waals surface area contributed by atoms with E-state index in [1.54, 1.807) is 32.1 Å². The van der Waals surface area contributed by atoms with E-state index in [2.05, 4.69) is 21.2 Å². The lowest BCUT2D eigenvalue weighted by Crippen LogP contribution is -2.30. The molecule has 0 aliphatic heterocycles. The highest BCUT2D eigenvalue weighted by Crippen LogP contribution is 2.21. The molecule has 0 saturated carbocycles. The third-order valence-corrected chi connectivity index (χ3v) is 3.22. The zero-order valence-electron chi connectivity index (χ0n) is 10.8. The van der Waals surface area contributed by atoms with Gasteiger partial charge in [0.25, 0.3) is 0 Å². The second-order valence-corrected chi connectivity index (χ2v) is 5.07. The van der Waals surface area contributed by atoms with Crippen molar-refractivity contribution in [2.45, 2.75) is 26.3 Å². The monoisotopic (exact) mass is 325 g/mol. The number of hydrogen-bond acceptors (Lipinski definition) is 2. The summed E-state index contributed by atoms with van der Waals surface area (Å²) >= 11 is 3.33. The first-order valence-corrected chi connectivity index (χ1v) is 6.64. The van der Waals surface area contributed by atoms with Crippen LogP contribution in [0.25, 0.3) is 0 Å². The predicted molar refractivity (Wildman–Crippen MR) is 76.7 cm³/mol. The maximum absolute atomic E-state index is 11.8. The number of carboxylic acid groups (broad SMARTS) is 1. The second-order valence-electron chi connectivity index (χ2n) is 4.15. The van der Waals surface area contributed by atoms with E-state index in [9.17, 15) is 9.59 Å². The van der Waals surface area contributed by atoms with Gasteiger partial charge in [-0.2, -0.15) is 0 Å². The Morgan fingerprint density at radius 3 is 2.68 bits per heavy atom. The average Bonchev–Trinajstić information content (AvgIpc) is 2.36. The first-order chi connectivity index (χ1) is 8.93. The van der Waals surface area contributed by atoms with Gasteiger partial charge in [-0.15, -0.1) is 0 Å². The summed E-state index contributed by atoms with van der Waals surface area (Å²) in [5.74, 6) is -1.21. The van der Waals surface area contributed by atoms with Crippen LogP contribution in [0, 0.1) is 0 Å². The summed E-state index contributed by atoms with van der Waals surface area (Å²) in [4.78, 5) is 22.8. The van der Waals surface area contributed by atoms with E-state index < -0.39 is 12.0 Å². The molecule has 0 aromatic heterocycles. The summed E-state index contributed by atoms with van der Waals surface area (Å²) < 4.78 is 0.845. The molecule has 19 heavy (non-hydrogen) atoms. The lowest BCUT2D eigenvalue weighted by Gasteiger charge is -2.18. The second kappa shape index (κ2) is 7.09. The van der Waals surface area contributed by atoms with Crippen molar-refractivity contribution in [1.82, 2.24) is 5.32 Å². The molecule has 0 aliphatic carbocycles. The summed E-state index contributed by atoms with van der Waals surface area (Å²) in [6, 6.07) is 6.71. The summed E-state index contributed by atoms with van der Waals surface area (Å²) in [5.41, 5.74) is 1.32. The Kier molecular flexibility index (Phi) is 5.76. The fourth-order valence-corrected chi connectivity index (χ4v) is 1.97. The third kappa shape index (κ3) is 4.87. The predicted octanol–water partition coefficient (Wildman–Crippen LogP) is 3.05. The molecule has 1 unspecified atom stereocenters. The minimum absolute atomic E-state index is 0.154. The number of amides is 1. The summed E-state index contributed by atoms with van der Waals surface area (Å²) in [5, 5.41) is 11.7. The van der Waals surface area contributed by atoms with E-state index in [1.165, 1.54) is 0 Å². The molecule has 1 atom stereocenters. The van der Waals surface area contributed by atoms with Crippen molar-refractivity contribution in [2.24, 2.45) is 0 Å². The molecule has 5 heteroatoms. The number of halogens is 1. The number of allylic oxidation sites excluding steroid dienone is 1. The molecular formula is C14H16BrNO3. The maximum Gasteiger partial charge on any atom is 0.305 e. The van der Waals surface area contributed by atoms with Gasteiger partial charge in [0.15, 0.2) is 0 Å². The Labute approximate surface area is 120 Å². The van der Waals surface area contributed by atoms with Crippen molar-refractivity contribution in [3.05, 3.63) is 46.0 Å². The Bertz CT molecular complexity index is 511. The topological polar surface area (TPSA) is 66.4 Å². The van der Waals surface area contributed by atoms with Crippen LogP contribution < -0.4 is 5.32 Å². The van der Waals surface area contributed by atoms with E-state index in [0.29, 0.717) is 5.57 Å². The number of rotatable bonds is 5. The van der Waals surface area contributed by atoms with E-state index in [4.69, 9.17) is 5.11 Å². The van der Waals surface area contributed by atoms with Crippen LogP contribution in [0.5, 0.6) is 0 Å². The molecule has 0 fully saturated rings. The van der Waals surface area contributed by atoms with Crippen molar-refractivity contribution in [3.8, 4) is 0 Å². The van der Waals surface area contributed by atoms with Crippen LogP contribution >= 0.6 is 15.9 Å². The molecule has 2 N–H and O–H groups in total. The van der Waals surface area contributed by atoms with Gasteiger partial charge < -0.3 is 10.4 Å². The minimum atomic E-state index is -0.955. The fourth-order valence-electron chi connectivity index (χ4n) is 1.55. The van der Waals surface area contributed by atoms with Crippen LogP contribution in [0.1, 0.15) is 31.9 Å². The number of hydrogen-bond donors (Lipinski definition) is 2. The molecule has 0 saturated heterocycles. The van der Waals surface area contributed by atoms with Gasteiger partial charge >= 0.3 is 5.97 Å². The van der Waals surface area contributed by atoms with Gasteiger partial charge in [-0.1, -0.05) is 34.1 Å². The highest BCUT2D eigenvalue weighted by atomic mass is 79.9. The molecule has 0 radical (unpaired) electrons. The van der Waals surface area contributed by atoms with Crippen molar-refractivity contribution in [3.63, 3.8) is 0 Å².